The van der Waals surface area contributed by atoms with Crippen LogP contribution >= 0.6 is 22.9 Å². The van der Waals surface area contributed by atoms with Crippen molar-refractivity contribution < 1.29 is 0 Å². The summed E-state index contributed by atoms with van der Waals surface area (Å²) in [5, 5.41) is 2.59. The summed E-state index contributed by atoms with van der Waals surface area (Å²) in [7, 11) is 0. The fraction of sp³-hybridized carbons (Fsp3) is 0.182. The molecule has 0 amide bonds. The zero-order valence-corrected chi connectivity index (χ0v) is 10.6. The summed E-state index contributed by atoms with van der Waals surface area (Å²) in [4.78, 5) is 5.26. The van der Waals surface area contributed by atoms with Gasteiger partial charge < -0.3 is 5.73 Å². The van der Waals surface area contributed by atoms with Gasteiger partial charge in [-0.25, -0.2) is 4.98 Å². The Morgan fingerprint density at radius 2 is 2.35 bits per heavy atom. The Bertz CT molecular complexity index is 486. The van der Waals surface area contributed by atoms with Crippen molar-refractivity contribution in [2.24, 2.45) is 5.84 Å². The Morgan fingerprint density at radius 3 is 3.00 bits per heavy atom. The molecule has 2 aromatic heterocycles. The molecule has 5 N–H and O–H groups in total. The van der Waals surface area contributed by atoms with Crippen LogP contribution in [0.15, 0.2) is 29.8 Å². The van der Waals surface area contributed by atoms with E-state index in [1.54, 1.807) is 17.4 Å². The topological polar surface area (TPSA) is 77.0 Å². The number of nitrogens with zero attached hydrogens (tertiary/aromatic N) is 1. The van der Waals surface area contributed by atoms with E-state index in [9.17, 15) is 0 Å². The van der Waals surface area contributed by atoms with E-state index in [2.05, 4.69) is 16.5 Å². The largest absolute Gasteiger partial charge is 0.383 e. The number of nitrogens with one attached hydrogen (secondary N) is 1. The highest BCUT2D eigenvalue weighted by atomic mass is 35.5. The van der Waals surface area contributed by atoms with Gasteiger partial charge in [0.05, 0.1) is 11.1 Å². The Morgan fingerprint density at radius 1 is 1.53 bits per heavy atom. The molecule has 17 heavy (non-hydrogen) atoms. The summed E-state index contributed by atoms with van der Waals surface area (Å²) >= 11 is 7.60. The number of pyridine rings is 1. The highest BCUT2D eigenvalue weighted by Crippen LogP contribution is 2.26. The molecule has 90 valence electrons. The SMILES string of the molecule is NNC(Cc1cccs1)c1cc(Cl)cnc1N. The summed E-state index contributed by atoms with van der Waals surface area (Å²) in [5.74, 6) is 6.02. The second-order valence-corrected chi connectivity index (χ2v) is 5.10. The van der Waals surface area contributed by atoms with Gasteiger partial charge in [0.1, 0.15) is 5.82 Å². The first-order chi connectivity index (χ1) is 8.20. The maximum absolute atomic E-state index is 5.92. The Labute approximate surface area is 109 Å². The van der Waals surface area contributed by atoms with Gasteiger partial charge in [0.25, 0.3) is 0 Å². The quantitative estimate of drug-likeness (QED) is 0.586. The van der Waals surface area contributed by atoms with E-state index in [1.807, 2.05) is 11.4 Å². The summed E-state index contributed by atoms with van der Waals surface area (Å²) < 4.78 is 0. The molecule has 2 heterocycles. The minimum Gasteiger partial charge on any atom is -0.383 e. The van der Waals surface area contributed by atoms with E-state index in [0.717, 1.165) is 12.0 Å². The number of anilines is 1. The van der Waals surface area contributed by atoms with Crippen molar-refractivity contribution in [2.45, 2.75) is 12.5 Å². The van der Waals surface area contributed by atoms with Gasteiger partial charge in [-0.15, -0.1) is 11.3 Å². The molecular weight excluding hydrogens is 256 g/mol. The van der Waals surface area contributed by atoms with Crippen LogP contribution in [0, 0.1) is 0 Å². The van der Waals surface area contributed by atoms with Gasteiger partial charge in [-0.05, 0) is 17.5 Å². The predicted octanol–water partition coefficient (Wildman–Crippen LogP) is 2.13. The molecular formula is C11H13ClN4S. The summed E-state index contributed by atoms with van der Waals surface area (Å²) in [5.41, 5.74) is 9.41. The van der Waals surface area contributed by atoms with Crippen molar-refractivity contribution in [3.63, 3.8) is 0 Å². The van der Waals surface area contributed by atoms with Gasteiger partial charge in [-0.2, -0.15) is 0 Å². The molecule has 0 aliphatic heterocycles. The first-order valence-electron chi connectivity index (χ1n) is 5.10. The lowest BCUT2D eigenvalue weighted by Crippen LogP contribution is -2.30. The van der Waals surface area contributed by atoms with Crippen LogP contribution in [-0.4, -0.2) is 4.98 Å². The average molecular weight is 269 g/mol. The van der Waals surface area contributed by atoms with E-state index in [-0.39, 0.29) is 6.04 Å². The lowest BCUT2D eigenvalue weighted by molar-refractivity contribution is 0.556. The molecule has 0 aliphatic rings. The van der Waals surface area contributed by atoms with Crippen molar-refractivity contribution in [3.8, 4) is 0 Å². The number of halogens is 1. The van der Waals surface area contributed by atoms with Crippen LogP contribution in [0.3, 0.4) is 0 Å². The van der Waals surface area contributed by atoms with Crippen molar-refractivity contribution in [2.75, 3.05) is 5.73 Å². The molecule has 1 unspecified atom stereocenters. The Kier molecular flexibility index (Phi) is 3.96. The van der Waals surface area contributed by atoms with E-state index < -0.39 is 0 Å². The smallest absolute Gasteiger partial charge is 0.128 e. The predicted molar refractivity (Wildman–Crippen MR) is 71.7 cm³/mol. The van der Waals surface area contributed by atoms with E-state index in [4.69, 9.17) is 23.2 Å². The van der Waals surface area contributed by atoms with Crippen molar-refractivity contribution in [1.29, 1.82) is 0 Å². The van der Waals surface area contributed by atoms with Gasteiger partial charge in [-0.3, -0.25) is 11.3 Å². The van der Waals surface area contributed by atoms with E-state index in [1.165, 1.54) is 11.1 Å². The number of thiophene rings is 1. The molecule has 2 aromatic rings. The third-order valence-electron chi connectivity index (χ3n) is 2.48. The van der Waals surface area contributed by atoms with E-state index >= 15 is 0 Å². The number of nitrogen functional groups attached to an aromatic ring is 1. The van der Waals surface area contributed by atoms with Crippen LogP contribution in [0.1, 0.15) is 16.5 Å². The first kappa shape index (κ1) is 12.3. The molecule has 0 bridgehead atoms. The van der Waals surface area contributed by atoms with E-state index in [0.29, 0.717) is 10.8 Å². The van der Waals surface area contributed by atoms with Crippen molar-refractivity contribution >= 4 is 28.8 Å². The number of nitrogens with two attached hydrogens (primary N) is 2. The minimum absolute atomic E-state index is 0.0835. The highest BCUT2D eigenvalue weighted by molar-refractivity contribution is 7.09. The molecule has 6 heteroatoms. The number of hydrogen-bond donors (Lipinski definition) is 3. The summed E-state index contributed by atoms with van der Waals surface area (Å²) in [6, 6.07) is 5.78. The zero-order valence-electron chi connectivity index (χ0n) is 9.06. The monoisotopic (exact) mass is 268 g/mol. The third-order valence-corrected chi connectivity index (χ3v) is 3.58. The first-order valence-corrected chi connectivity index (χ1v) is 6.36. The van der Waals surface area contributed by atoms with Gasteiger partial charge in [-0.1, -0.05) is 17.7 Å². The number of aromatic nitrogens is 1. The summed E-state index contributed by atoms with van der Waals surface area (Å²) in [6.45, 7) is 0. The summed E-state index contributed by atoms with van der Waals surface area (Å²) in [6.07, 6.45) is 2.29. The Hall–Kier alpha value is -1.14. The fourth-order valence-electron chi connectivity index (χ4n) is 1.63. The maximum atomic E-state index is 5.92. The van der Waals surface area contributed by atoms with Crippen LogP contribution in [0.25, 0.3) is 0 Å². The van der Waals surface area contributed by atoms with Gasteiger partial charge in [0.15, 0.2) is 0 Å². The standard InChI is InChI=1S/C11H13ClN4S/c12-7-4-9(11(13)15-6-7)10(16-14)5-8-2-1-3-17-8/h1-4,6,10,16H,5,14H2,(H2,13,15). The minimum atomic E-state index is -0.0835. The molecule has 0 fully saturated rings. The van der Waals surface area contributed by atoms with Crippen LogP contribution in [0.5, 0.6) is 0 Å². The molecule has 0 spiro atoms. The molecule has 1 atom stereocenters. The lowest BCUT2D eigenvalue weighted by Gasteiger charge is -2.17. The average Bonchev–Trinajstić information content (AvgIpc) is 2.82. The van der Waals surface area contributed by atoms with Crippen molar-refractivity contribution in [1.82, 2.24) is 10.4 Å². The highest BCUT2D eigenvalue weighted by Gasteiger charge is 2.15. The number of hydrazine groups is 1. The van der Waals surface area contributed by atoms with Gasteiger partial charge >= 0.3 is 0 Å². The molecule has 0 aromatic carbocycles. The second kappa shape index (κ2) is 5.46. The van der Waals surface area contributed by atoms with Crippen LogP contribution in [-0.2, 0) is 6.42 Å². The molecule has 0 saturated carbocycles. The fourth-order valence-corrected chi connectivity index (χ4v) is 2.55. The third kappa shape index (κ3) is 2.95. The van der Waals surface area contributed by atoms with Crippen LogP contribution in [0.2, 0.25) is 5.02 Å². The van der Waals surface area contributed by atoms with Crippen LogP contribution in [0.4, 0.5) is 5.82 Å². The zero-order chi connectivity index (χ0) is 12.3. The van der Waals surface area contributed by atoms with Crippen LogP contribution < -0.4 is 17.0 Å². The second-order valence-electron chi connectivity index (χ2n) is 3.63. The Balaban J connectivity index is 2.25. The number of rotatable bonds is 4. The lowest BCUT2D eigenvalue weighted by atomic mass is 10.0. The molecule has 4 nitrogen and oxygen atoms in total. The molecule has 0 saturated heterocycles. The van der Waals surface area contributed by atoms with Crippen molar-refractivity contribution in [3.05, 3.63) is 45.2 Å². The normalized spacial score (nSPS) is 12.6. The number of hydrogen-bond acceptors (Lipinski definition) is 5. The maximum Gasteiger partial charge on any atom is 0.128 e. The molecule has 0 radical (unpaired) electrons. The molecule has 2 rings (SSSR count). The van der Waals surface area contributed by atoms with Gasteiger partial charge in [0, 0.05) is 23.1 Å². The molecule has 0 aliphatic carbocycles. The van der Waals surface area contributed by atoms with Gasteiger partial charge in [0.2, 0.25) is 0 Å².